The van der Waals surface area contributed by atoms with Gasteiger partial charge in [0.25, 0.3) is 5.91 Å². The number of nitrogens with one attached hydrogen (secondary N) is 1. The predicted molar refractivity (Wildman–Crippen MR) is 96.8 cm³/mol. The Bertz CT molecular complexity index is 723. The van der Waals surface area contributed by atoms with Crippen LogP contribution in [0.3, 0.4) is 0 Å². The summed E-state index contributed by atoms with van der Waals surface area (Å²) in [5.41, 5.74) is 1.69. The minimum absolute atomic E-state index is 0.0925. The van der Waals surface area contributed by atoms with Crippen molar-refractivity contribution in [3.05, 3.63) is 34.4 Å². The van der Waals surface area contributed by atoms with E-state index in [1.165, 1.54) is 0 Å². The highest BCUT2D eigenvalue weighted by atomic mass is 79.9. The Hall–Kier alpha value is -1.62. The number of benzene rings is 1. The lowest BCUT2D eigenvalue weighted by Gasteiger charge is -2.25. The predicted octanol–water partition coefficient (Wildman–Crippen LogP) is 4.38. The van der Waals surface area contributed by atoms with Crippen molar-refractivity contribution in [1.29, 1.82) is 0 Å². The smallest absolute Gasteiger partial charge is 0.261 e. The van der Waals surface area contributed by atoms with E-state index in [9.17, 15) is 4.79 Å². The number of rotatable bonds is 4. The topological polar surface area (TPSA) is 51.2 Å². The van der Waals surface area contributed by atoms with Crippen LogP contribution in [-0.2, 0) is 4.79 Å². The highest BCUT2D eigenvalue weighted by Gasteiger charge is 2.23. The van der Waals surface area contributed by atoms with Gasteiger partial charge in [-0.25, -0.2) is 0 Å². The van der Waals surface area contributed by atoms with Crippen molar-refractivity contribution in [1.82, 2.24) is 10.3 Å². The van der Waals surface area contributed by atoms with Gasteiger partial charge in [-0.1, -0.05) is 6.92 Å². The zero-order chi connectivity index (χ0) is 17.2. The van der Waals surface area contributed by atoms with E-state index in [1.54, 1.807) is 6.20 Å². The Morgan fingerprint density at radius 1 is 1.35 bits per heavy atom. The van der Waals surface area contributed by atoms with Gasteiger partial charge in [-0.15, -0.1) is 0 Å². The van der Waals surface area contributed by atoms with Gasteiger partial charge >= 0.3 is 0 Å². The Kier molecular flexibility index (Phi) is 5.30. The summed E-state index contributed by atoms with van der Waals surface area (Å²) in [4.78, 5) is 16.8. The molecule has 0 aliphatic carbocycles. The molecule has 5 heteroatoms. The largest absolute Gasteiger partial charge is 0.481 e. The van der Waals surface area contributed by atoms with E-state index < -0.39 is 6.10 Å². The summed E-state index contributed by atoms with van der Waals surface area (Å²) in [6.07, 6.45) is 1.88. The number of pyridine rings is 1. The molecule has 1 unspecified atom stereocenters. The zero-order valence-corrected chi connectivity index (χ0v) is 15.8. The Morgan fingerprint density at radius 2 is 2.04 bits per heavy atom. The van der Waals surface area contributed by atoms with Gasteiger partial charge < -0.3 is 10.1 Å². The summed E-state index contributed by atoms with van der Waals surface area (Å²) in [7, 11) is 0. The van der Waals surface area contributed by atoms with Crippen molar-refractivity contribution >= 4 is 32.7 Å². The van der Waals surface area contributed by atoms with Crippen molar-refractivity contribution in [3.63, 3.8) is 0 Å². The first-order chi connectivity index (χ1) is 10.7. The second kappa shape index (κ2) is 6.87. The number of carbonyl (C=O) groups excluding carboxylic acids is 1. The van der Waals surface area contributed by atoms with Gasteiger partial charge in [-0.3, -0.25) is 9.78 Å². The molecule has 124 valence electrons. The molecular formula is C18H23BrN2O2. The van der Waals surface area contributed by atoms with Crippen LogP contribution in [0.4, 0.5) is 0 Å². The van der Waals surface area contributed by atoms with E-state index in [1.807, 2.05) is 52.8 Å². The zero-order valence-electron chi connectivity index (χ0n) is 14.2. The fraction of sp³-hybridized carbons (Fsp3) is 0.444. The van der Waals surface area contributed by atoms with Crippen LogP contribution in [0.2, 0.25) is 0 Å². The number of fused-ring (bicyclic) bond motifs is 1. The second-order valence-corrected chi connectivity index (χ2v) is 7.64. The maximum Gasteiger partial charge on any atom is 0.261 e. The summed E-state index contributed by atoms with van der Waals surface area (Å²) < 4.78 is 6.86. The molecule has 1 N–H and O–H groups in total. The summed E-state index contributed by atoms with van der Waals surface area (Å²) in [6, 6.07) is 5.85. The highest BCUT2D eigenvalue weighted by Crippen LogP contribution is 2.26. The van der Waals surface area contributed by atoms with Gasteiger partial charge in [-0.05, 0) is 73.8 Å². The third kappa shape index (κ3) is 4.67. The van der Waals surface area contributed by atoms with Gasteiger partial charge in [0.2, 0.25) is 0 Å². The Labute approximate surface area is 145 Å². The van der Waals surface area contributed by atoms with Crippen molar-refractivity contribution in [2.75, 3.05) is 0 Å². The molecule has 1 aromatic carbocycles. The van der Waals surface area contributed by atoms with Crippen LogP contribution in [0.1, 0.15) is 39.7 Å². The standard InChI is InChI=1S/C18H23BrN2O2/c1-6-15(17(22)21-18(3,4)5)23-14-7-11(2)16-12(9-14)8-13(19)10-20-16/h7-10,15H,6H2,1-5H3,(H,21,22). The lowest BCUT2D eigenvalue weighted by molar-refractivity contribution is -0.129. The molecule has 0 saturated heterocycles. The molecule has 0 bridgehead atoms. The summed E-state index contributed by atoms with van der Waals surface area (Å²) in [5.74, 6) is 0.593. The maximum atomic E-state index is 12.3. The summed E-state index contributed by atoms with van der Waals surface area (Å²) in [5, 5.41) is 3.95. The highest BCUT2D eigenvalue weighted by molar-refractivity contribution is 9.10. The molecule has 1 amide bonds. The Balaban J connectivity index is 2.27. The molecule has 4 nitrogen and oxygen atoms in total. The molecule has 0 spiro atoms. The molecule has 23 heavy (non-hydrogen) atoms. The van der Waals surface area contributed by atoms with Crippen molar-refractivity contribution in [3.8, 4) is 5.75 Å². The molecule has 0 fully saturated rings. The maximum absolute atomic E-state index is 12.3. The number of nitrogens with zero attached hydrogens (tertiary/aromatic N) is 1. The number of halogens is 1. The van der Waals surface area contributed by atoms with Crippen molar-refractivity contribution in [2.45, 2.75) is 52.7 Å². The normalized spacial score (nSPS) is 13.0. The SMILES string of the molecule is CCC(Oc1cc(C)c2ncc(Br)cc2c1)C(=O)NC(C)(C)C. The van der Waals surface area contributed by atoms with Gasteiger partial charge in [0, 0.05) is 21.6 Å². The number of hydrogen-bond acceptors (Lipinski definition) is 3. The number of ether oxygens (including phenoxy) is 1. The van der Waals surface area contributed by atoms with E-state index in [0.29, 0.717) is 12.2 Å². The number of carbonyl (C=O) groups is 1. The molecule has 1 atom stereocenters. The fourth-order valence-corrected chi connectivity index (χ4v) is 2.72. The van der Waals surface area contributed by atoms with E-state index in [2.05, 4.69) is 26.2 Å². The van der Waals surface area contributed by atoms with E-state index in [-0.39, 0.29) is 11.4 Å². The quantitative estimate of drug-likeness (QED) is 0.858. The van der Waals surface area contributed by atoms with Crippen molar-refractivity contribution < 1.29 is 9.53 Å². The van der Waals surface area contributed by atoms with Gasteiger partial charge in [0.15, 0.2) is 6.10 Å². The first kappa shape index (κ1) is 17.7. The van der Waals surface area contributed by atoms with Crippen LogP contribution in [0.5, 0.6) is 5.75 Å². The van der Waals surface area contributed by atoms with Crippen LogP contribution >= 0.6 is 15.9 Å². The van der Waals surface area contributed by atoms with Crippen LogP contribution < -0.4 is 10.1 Å². The molecular weight excluding hydrogens is 356 g/mol. The molecule has 0 aliphatic heterocycles. The average Bonchev–Trinajstić information content (AvgIpc) is 2.42. The van der Waals surface area contributed by atoms with Crippen LogP contribution in [0, 0.1) is 6.92 Å². The molecule has 2 rings (SSSR count). The van der Waals surface area contributed by atoms with Gasteiger partial charge in [0.1, 0.15) is 5.75 Å². The molecule has 2 aromatic rings. The summed E-state index contributed by atoms with van der Waals surface area (Å²) >= 11 is 3.43. The van der Waals surface area contributed by atoms with E-state index >= 15 is 0 Å². The van der Waals surface area contributed by atoms with Crippen molar-refractivity contribution in [2.24, 2.45) is 0 Å². The number of aromatic nitrogens is 1. The lowest BCUT2D eigenvalue weighted by Crippen LogP contribution is -2.47. The third-order valence-corrected chi connectivity index (χ3v) is 3.79. The van der Waals surface area contributed by atoms with E-state index in [0.717, 1.165) is 20.9 Å². The Morgan fingerprint density at radius 3 is 2.65 bits per heavy atom. The first-order valence-electron chi connectivity index (χ1n) is 7.74. The van der Waals surface area contributed by atoms with Crippen LogP contribution in [0.15, 0.2) is 28.9 Å². The molecule has 0 radical (unpaired) electrons. The van der Waals surface area contributed by atoms with Crippen LogP contribution in [-0.4, -0.2) is 22.5 Å². The van der Waals surface area contributed by atoms with Crippen LogP contribution in [0.25, 0.3) is 10.9 Å². The fourth-order valence-electron chi connectivity index (χ4n) is 2.38. The molecule has 1 heterocycles. The summed E-state index contributed by atoms with van der Waals surface area (Å²) in [6.45, 7) is 9.81. The number of hydrogen-bond donors (Lipinski definition) is 1. The van der Waals surface area contributed by atoms with Gasteiger partial charge in [0.05, 0.1) is 5.52 Å². The molecule has 1 aromatic heterocycles. The lowest BCUT2D eigenvalue weighted by atomic mass is 10.1. The monoisotopic (exact) mass is 378 g/mol. The van der Waals surface area contributed by atoms with Gasteiger partial charge in [-0.2, -0.15) is 0 Å². The average molecular weight is 379 g/mol. The number of aryl methyl sites for hydroxylation is 1. The van der Waals surface area contributed by atoms with E-state index in [4.69, 9.17) is 4.74 Å². The molecule has 0 aliphatic rings. The number of amides is 1. The first-order valence-corrected chi connectivity index (χ1v) is 8.53. The minimum Gasteiger partial charge on any atom is -0.481 e. The third-order valence-electron chi connectivity index (χ3n) is 3.35. The minimum atomic E-state index is -0.508. The molecule has 0 saturated carbocycles. The second-order valence-electron chi connectivity index (χ2n) is 6.72.